The van der Waals surface area contributed by atoms with Crippen LogP contribution in [0.4, 0.5) is 5.69 Å². The highest BCUT2D eigenvalue weighted by atomic mass is 14.9. The number of hydrogen-bond donors (Lipinski definition) is 1. The summed E-state index contributed by atoms with van der Waals surface area (Å²) < 4.78 is 0. The maximum absolute atomic E-state index is 4.63. The van der Waals surface area contributed by atoms with Gasteiger partial charge in [0, 0.05) is 29.7 Å². The Hall–Kier alpha value is -1.90. The van der Waals surface area contributed by atoms with Crippen LogP contribution in [0.3, 0.4) is 0 Å². The van der Waals surface area contributed by atoms with Crippen LogP contribution >= 0.6 is 0 Å². The van der Waals surface area contributed by atoms with Gasteiger partial charge in [-0.15, -0.1) is 0 Å². The van der Waals surface area contributed by atoms with Gasteiger partial charge in [-0.3, -0.25) is 0 Å². The lowest BCUT2D eigenvalue weighted by Crippen LogP contribution is -1.99. The molecule has 1 aromatic carbocycles. The van der Waals surface area contributed by atoms with Crippen molar-refractivity contribution >= 4 is 5.69 Å². The van der Waals surface area contributed by atoms with Crippen LogP contribution in [0.5, 0.6) is 0 Å². The molecule has 0 amide bonds. The van der Waals surface area contributed by atoms with Crippen molar-refractivity contribution < 1.29 is 0 Å². The minimum absolute atomic E-state index is 0.419. The Morgan fingerprint density at radius 1 is 1.06 bits per heavy atom. The molecule has 2 rings (SSSR count). The van der Waals surface area contributed by atoms with E-state index in [1.165, 1.54) is 0 Å². The molecular formula is C15H19N3. The van der Waals surface area contributed by atoms with Crippen LogP contribution in [-0.4, -0.2) is 17.0 Å². The van der Waals surface area contributed by atoms with Crippen molar-refractivity contribution in [2.75, 3.05) is 12.4 Å². The Balaban J connectivity index is 2.42. The predicted molar refractivity (Wildman–Crippen MR) is 75.8 cm³/mol. The number of benzene rings is 1. The Labute approximate surface area is 108 Å². The molecule has 0 aliphatic carbocycles. The van der Waals surface area contributed by atoms with Crippen molar-refractivity contribution in [1.82, 2.24) is 9.97 Å². The first kappa shape index (κ1) is 12.6. The lowest BCUT2D eigenvalue weighted by atomic mass is 10.1. The van der Waals surface area contributed by atoms with Gasteiger partial charge in [0.05, 0.1) is 0 Å². The molecule has 1 heterocycles. The van der Waals surface area contributed by atoms with Crippen molar-refractivity contribution in [2.24, 2.45) is 0 Å². The molecule has 94 valence electrons. The fourth-order valence-electron chi connectivity index (χ4n) is 1.80. The van der Waals surface area contributed by atoms with Crippen molar-refractivity contribution in [3.05, 3.63) is 41.7 Å². The van der Waals surface area contributed by atoms with E-state index in [-0.39, 0.29) is 0 Å². The van der Waals surface area contributed by atoms with Crippen molar-refractivity contribution in [2.45, 2.75) is 26.7 Å². The van der Waals surface area contributed by atoms with Crippen LogP contribution in [0.1, 0.15) is 31.2 Å². The molecule has 3 heteroatoms. The van der Waals surface area contributed by atoms with Gasteiger partial charge < -0.3 is 5.32 Å². The summed E-state index contributed by atoms with van der Waals surface area (Å²) in [6, 6.07) is 10.2. The third kappa shape index (κ3) is 2.67. The zero-order valence-corrected chi connectivity index (χ0v) is 11.4. The normalized spacial score (nSPS) is 10.7. The highest BCUT2D eigenvalue weighted by Gasteiger charge is 2.07. The molecule has 0 radical (unpaired) electrons. The average molecular weight is 241 g/mol. The van der Waals surface area contributed by atoms with E-state index in [2.05, 4.69) is 35.2 Å². The molecule has 0 bridgehead atoms. The molecule has 0 aliphatic heterocycles. The average Bonchev–Trinajstić information content (AvgIpc) is 2.38. The van der Waals surface area contributed by atoms with E-state index in [9.17, 15) is 0 Å². The van der Waals surface area contributed by atoms with Crippen molar-refractivity contribution in [1.29, 1.82) is 0 Å². The minimum Gasteiger partial charge on any atom is -0.388 e. The smallest absolute Gasteiger partial charge is 0.159 e. The number of nitrogens with one attached hydrogen (secondary N) is 1. The second kappa shape index (κ2) is 5.17. The highest BCUT2D eigenvalue weighted by Crippen LogP contribution is 2.21. The molecule has 0 atom stereocenters. The molecular weight excluding hydrogens is 222 g/mol. The fourth-order valence-corrected chi connectivity index (χ4v) is 1.80. The van der Waals surface area contributed by atoms with Crippen LogP contribution in [-0.2, 0) is 0 Å². The van der Waals surface area contributed by atoms with Crippen LogP contribution in [0.15, 0.2) is 30.3 Å². The van der Waals surface area contributed by atoms with Gasteiger partial charge in [-0.05, 0) is 43.2 Å². The molecule has 3 nitrogen and oxygen atoms in total. The van der Waals surface area contributed by atoms with E-state index in [1.54, 1.807) is 0 Å². The Morgan fingerprint density at radius 2 is 1.72 bits per heavy atom. The standard InChI is InChI=1S/C15H19N3/c1-10(2)14-9-11(3)17-15(18-14)12-5-7-13(16-4)8-6-12/h5-10,16H,1-4H3. The maximum atomic E-state index is 4.63. The van der Waals surface area contributed by atoms with E-state index in [4.69, 9.17) is 0 Å². The van der Waals surface area contributed by atoms with Gasteiger partial charge in [0.15, 0.2) is 5.82 Å². The van der Waals surface area contributed by atoms with E-state index in [0.717, 1.165) is 28.5 Å². The second-order valence-corrected chi connectivity index (χ2v) is 4.74. The summed E-state index contributed by atoms with van der Waals surface area (Å²) in [6.07, 6.45) is 0. The molecule has 0 saturated heterocycles. The molecule has 0 aliphatic rings. The molecule has 1 aromatic heterocycles. The summed E-state index contributed by atoms with van der Waals surface area (Å²) in [6.45, 7) is 6.31. The Bertz CT molecular complexity index is 530. The summed E-state index contributed by atoms with van der Waals surface area (Å²) in [5.74, 6) is 1.23. The first-order chi connectivity index (χ1) is 8.60. The third-order valence-corrected chi connectivity index (χ3v) is 2.90. The number of hydrogen-bond acceptors (Lipinski definition) is 3. The Kier molecular flexibility index (Phi) is 3.60. The first-order valence-corrected chi connectivity index (χ1v) is 6.24. The molecule has 0 saturated carbocycles. The molecule has 0 spiro atoms. The summed E-state index contributed by atoms with van der Waals surface area (Å²) >= 11 is 0. The zero-order valence-electron chi connectivity index (χ0n) is 11.4. The summed E-state index contributed by atoms with van der Waals surface area (Å²) in [7, 11) is 1.91. The van der Waals surface area contributed by atoms with Gasteiger partial charge >= 0.3 is 0 Å². The van der Waals surface area contributed by atoms with E-state index in [0.29, 0.717) is 5.92 Å². The van der Waals surface area contributed by atoms with Crippen molar-refractivity contribution in [3.8, 4) is 11.4 Å². The zero-order chi connectivity index (χ0) is 13.1. The number of aryl methyl sites for hydroxylation is 1. The quantitative estimate of drug-likeness (QED) is 0.892. The highest BCUT2D eigenvalue weighted by molar-refractivity contribution is 5.59. The third-order valence-electron chi connectivity index (χ3n) is 2.90. The summed E-state index contributed by atoms with van der Waals surface area (Å²) in [5, 5.41) is 3.11. The molecule has 1 N–H and O–H groups in total. The van der Waals surface area contributed by atoms with E-state index < -0.39 is 0 Å². The van der Waals surface area contributed by atoms with Gasteiger partial charge in [0.25, 0.3) is 0 Å². The van der Waals surface area contributed by atoms with Gasteiger partial charge in [-0.1, -0.05) is 13.8 Å². The predicted octanol–water partition coefficient (Wildman–Crippen LogP) is 3.62. The van der Waals surface area contributed by atoms with Crippen LogP contribution in [0.25, 0.3) is 11.4 Å². The van der Waals surface area contributed by atoms with Crippen molar-refractivity contribution in [3.63, 3.8) is 0 Å². The molecule has 0 fully saturated rings. The maximum Gasteiger partial charge on any atom is 0.159 e. The molecule has 0 unspecified atom stereocenters. The molecule has 2 aromatic rings. The van der Waals surface area contributed by atoms with Gasteiger partial charge in [0.1, 0.15) is 0 Å². The lowest BCUT2D eigenvalue weighted by molar-refractivity contribution is 0.812. The summed E-state index contributed by atoms with van der Waals surface area (Å²) in [4.78, 5) is 9.14. The topological polar surface area (TPSA) is 37.8 Å². The van der Waals surface area contributed by atoms with Gasteiger partial charge in [0.2, 0.25) is 0 Å². The van der Waals surface area contributed by atoms with Crippen LogP contribution < -0.4 is 5.32 Å². The SMILES string of the molecule is CNc1ccc(-c2nc(C)cc(C(C)C)n2)cc1. The summed E-state index contributed by atoms with van der Waals surface area (Å²) in [5.41, 5.74) is 4.26. The van der Waals surface area contributed by atoms with Crippen LogP contribution in [0, 0.1) is 6.92 Å². The monoisotopic (exact) mass is 241 g/mol. The minimum atomic E-state index is 0.419. The lowest BCUT2D eigenvalue weighted by Gasteiger charge is -2.09. The number of anilines is 1. The first-order valence-electron chi connectivity index (χ1n) is 6.24. The largest absolute Gasteiger partial charge is 0.388 e. The molecule has 18 heavy (non-hydrogen) atoms. The van der Waals surface area contributed by atoms with E-state index in [1.807, 2.05) is 38.2 Å². The fraction of sp³-hybridized carbons (Fsp3) is 0.333. The van der Waals surface area contributed by atoms with Gasteiger partial charge in [-0.25, -0.2) is 9.97 Å². The number of nitrogens with zero attached hydrogens (tertiary/aromatic N) is 2. The Morgan fingerprint density at radius 3 is 2.28 bits per heavy atom. The second-order valence-electron chi connectivity index (χ2n) is 4.74. The van der Waals surface area contributed by atoms with E-state index >= 15 is 0 Å². The van der Waals surface area contributed by atoms with Crippen LogP contribution in [0.2, 0.25) is 0 Å². The number of rotatable bonds is 3. The van der Waals surface area contributed by atoms with Gasteiger partial charge in [-0.2, -0.15) is 0 Å². The number of aromatic nitrogens is 2.